The minimum absolute atomic E-state index is 0.0499. The Bertz CT molecular complexity index is 940. The highest BCUT2D eigenvalue weighted by Gasteiger charge is 2.16. The van der Waals surface area contributed by atoms with Gasteiger partial charge in [-0.2, -0.15) is 4.98 Å². The molecule has 3 aromatic rings. The Morgan fingerprint density at radius 1 is 1.19 bits per heavy atom. The number of aromatic nitrogens is 2. The number of amides is 1. The highest BCUT2D eigenvalue weighted by molar-refractivity contribution is 6.30. The topological polar surface area (TPSA) is 111 Å². The Hall–Kier alpha value is -3.26. The molecule has 1 N–H and O–H groups in total. The van der Waals surface area contributed by atoms with Crippen molar-refractivity contribution in [1.82, 2.24) is 10.1 Å². The van der Waals surface area contributed by atoms with Crippen LogP contribution in [-0.4, -0.2) is 21.0 Å². The molecule has 132 valence electrons. The molecule has 0 radical (unpaired) electrons. The zero-order chi connectivity index (χ0) is 18.5. The fourth-order valence-corrected chi connectivity index (χ4v) is 2.37. The van der Waals surface area contributed by atoms with E-state index in [0.717, 1.165) is 5.56 Å². The molecule has 0 atom stereocenters. The molecule has 0 saturated heterocycles. The first-order chi connectivity index (χ1) is 12.5. The lowest BCUT2D eigenvalue weighted by atomic mass is 10.2. The van der Waals surface area contributed by atoms with Gasteiger partial charge in [0.25, 0.3) is 5.69 Å². The van der Waals surface area contributed by atoms with Gasteiger partial charge in [-0.15, -0.1) is 0 Å². The fraction of sp³-hybridized carbons (Fsp3) is 0.118. The van der Waals surface area contributed by atoms with Crippen molar-refractivity contribution in [1.29, 1.82) is 0 Å². The SMILES string of the molecule is O=C(CCc1nc(-c2ccc(Cl)cc2)no1)Nc1ccccc1[N+](=O)[O-]. The van der Waals surface area contributed by atoms with Crippen LogP contribution in [0.3, 0.4) is 0 Å². The molecule has 0 aliphatic heterocycles. The van der Waals surface area contributed by atoms with Crippen LogP contribution in [0.1, 0.15) is 12.3 Å². The third-order valence-electron chi connectivity index (χ3n) is 3.51. The second-order valence-corrected chi connectivity index (χ2v) is 5.78. The molecule has 1 amide bonds. The van der Waals surface area contributed by atoms with E-state index in [1.807, 2.05) is 0 Å². The number of para-hydroxylation sites is 2. The summed E-state index contributed by atoms with van der Waals surface area (Å²) in [6.45, 7) is 0. The van der Waals surface area contributed by atoms with Gasteiger partial charge in [-0.05, 0) is 30.3 Å². The van der Waals surface area contributed by atoms with Crippen LogP contribution >= 0.6 is 11.6 Å². The highest BCUT2D eigenvalue weighted by atomic mass is 35.5. The van der Waals surface area contributed by atoms with E-state index < -0.39 is 4.92 Å². The Kier molecular flexibility index (Phi) is 5.23. The average molecular weight is 373 g/mol. The minimum atomic E-state index is -0.550. The van der Waals surface area contributed by atoms with Crippen molar-refractivity contribution >= 4 is 28.9 Å². The lowest BCUT2D eigenvalue weighted by Crippen LogP contribution is -2.13. The van der Waals surface area contributed by atoms with E-state index >= 15 is 0 Å². The predicted molar refractivity (Wildman–Crippen MR) is 94.8 cm³/mol. The average Bonchev–Trinajstić information content (AvgIpc) is 3.10. The predicted octanol–water partition coefficient (Wildman–Crippen LogP) is 3.87. The molecule has 0 spiro atoms. The Labute approximate surface area is 152 Å². The summed E-state index contributed by atoms with van der Waals surface area (Å²) in [5, 5.41) is 17.9. The summed E-state index contributed by atoms with van der Waals surface area (Å²) in [4.78, 5) is 26.7. The molecule has 0 aliphatic rings. The van der Waals surface area contributed by atoms with Crippen LogP contribution in [0.2, 0.25) is 5.02 Å². The Balaban J connectivity index is 1.60. The number of halogens is 1. The number of nitro benzene ring substituents is 1. The van der Waals surface area contributed by atoms with Crippen molar-refractivity contribution in [2.75, 3.05) is 5.32 Å². The number of carbonyl (C=O) groups excluding carboxylic acids is 1. The van der Waals surface area contributed by atoms with Gasteiger partial charge >= 0.3 is 0 Å². The number of aryl methyl sites for hydroxylation is 1. The largest absolute Gasteiger partial charge is 0.339 e. The molecule has 0 saturated carbocycles. The Morgan fingerprint density at radius 2 is 1.92 bits per heavy atom. The van der Waals surface area contributed by atoms with Crippen LogP contribution in [0.5, 0.6) is 0 Å². The molecule has 0 fully saturated rings. The molecule has 3 rings (SSSR count). The number of hydrogen-bond acceptors (Lipinski definition) is 6. The normalized spacial score (nSPS) is 10.5. The zero-order valence-corrected chi connectivity index (χ0v) is 14.1. The molecule has 2 aromatic carbocycles. The number of nitrogens with zero attached hydrogens (tertiary/aromatic N) is 3. The number of nitrogens with one attached hydrogen (secondary N) is 1. The maximum absolute atomic E-state index is 12.0. The maximum Gasteiger partial charge on any atom is 0.292 e. The molecule has 1 heterocycles. The van der Waals surface area contributed by atoms with Gasteiger partial charge in [-0.1, -0.05) is 28.9 Å². The van der Waals surface area contributed by atoms with E-state index in [0.29, 0.717) is 16.7 Å². The highest BCUT2D eigenvalue weighted by Crippen LogP contribution is 2.23. The smallest absolute Gasteiger partial charge is 0.292 e. The second-order valence-electron chi connectivity index (χ2n) is 5.34. The van der Waals surface area contributed by atoms with Gasteiger partial charge in [0.05, 0.1) is 4.92 Å². The summed E-state index contributed by atoms with van der Waals surface area (Å²) < 4.78 is 5.13. The third-order valence-corrected chi connectivity index (χ3v) is 3.76. The number of nitro groups is 1. The van der Waals surface area contributed by atoms with Crippen molar-refractivity contribution in [3.8, 4) is 11.4 Å². The third kappa shape index (κ3) is 4.22. The molecular weight excluding hydrogens is 360 g/mol. The summed E-state index contributed by atoms with van der Waals surface area (Å²) in [5.74, 6) is 0.314. The number of carbonyl (C=O) groups is 1. The molecule has 0 unspecified atom stereocenters. The lowest BCUT2D eigenvalue weighted by molar-refractivity contribution is -0.383. The first-order valence-corrected chi connectivity index (χ1v) is 8.02. The fourth-order valence-electron chi connectivity index (χ4n) is 2.24. The monoisotopic (exact) mass is 372 g/mol. The first kappa shape index (κ1) is 17.6. The van der Waals surface area contributed by atoms with E-state index in [9.17, 15) is 14.9 Å². The summed E-state index contributed by atoms with van der Waals surface area (Å²) >= 11 is 5.84. The van der Waals surface area contributed by atoms with Gasteiger partial charge in [-0.3, -0.25) is 14.9 Å². The van der Waals surface area contributed by atoms with Crippen LogP contribution in [0.25, 0.3) is 11.4 Å². The molecule has 0 aliphatic carbocycles. The van der Waals surface area contributed by atoms with Gasteiger partial charge in [-0.25, -0.2) is 0 Å². The van der Waals surface area contributed by atoms with Crippen molar-refractivity contribution < 1.29 is 14.2 Å². The molecule has 1 aromatic heterocycles. The number of hydrogen-bond donors (Lipinski definition) is 1. The van der Waals surface area contributed by atoms with E-state index in [1.165, 1.54) is 18.2 Å². The summed E-state index contributed by atoms with van der Waals surface area (Å²) in [7, 11) is 0. The van der Waals surface area contributed by atoms with E-state index in [1.54, 1.807) is 30.3 Å². The summed E-state index contributed by atoms with van der Waals surface area (Å²) in [6, 6.07) is 12.9. The zero-order valence-electron chi connectivity index (χ0n) is 13.4. The van der Waals surface area contributed by atoms with Crippen molar-refractivity contribution in [3.63, 3.8) is 0 Å². The van der Waals surface area contributed by atoms with Crippen LogP contribution in [0, 0.1) is 10.1 Å². The number of benzene rings is 2. The van der Waals surface area contributed by atoms with Gasteiger partial charge in [0.1, 0.15) is 5.69 Å². The van der Waals surface area contributed by atoms with E-state index in [-0.39, 0.29) is 30.1 Å². The Morgan fingerprint density at radius 3 is 2.65 bits per heavy atom. The van der Waals surface area contributed by atoms with E-state index in [2.05, 4.69) is 15.5 Å². The molecule has 9 heteroatoms. The molecule has 8 nitrogen and oxygen atoms in total. The molecule has 26 heavy (non-hydrogen) atoms. The van der Waals surface area contributed by atoms with Crippen LogP contribution in [0.4, 0.5) is 11.4 Å². The standard InChI is InChI=1S/C17H13ClN4O4/c18-12-7-5-11(6-8-12)17-20-16(26-21-17)10-9-15(23)19-13-3-1-2-4-14(13)22(24)25/h1-8H,9-10H2,(H,19,23). The van der Waals surface area contributed by atoms with Gasteiger partial charge in [0.15, 0.2) is 0 Å². The summed E-state index contributed by atoms with van der Waals surface area (Å²) in [5.41, 5.74) is 0.729. The molecule has 0 bridgehead atoms. The van der Waals surface area contributed by atoms with Crippen LogP contribution < -0.4 is 5.32 Å². The second kappa shape index (κ2) is 7.75. The van der Waals surface area contributed by atoms with Crippen molar-refractivity contribution in [2.45, 2.75) is 12.8 Å². The summed E-state index contributed by atoms with van der Waals surface area (Å²) in [6.07, 6.45) is 0.265. The van der Waals surface area contributed by atoms with Crippen LogP contribution in [0.15, 0.2) is 53.1 Å². The van der Waals surface area contributed by atoms with Gasteiger partial charge in [0, 0.05) is 29.5 Å². The lowest BCUT2D eigenvalue weighted by Gasteiger charge is -2.04. The maximum atomic E-state index is 12.0. The molecular formula is C17H13ClN4O4. The minimum Gasteiger partial charge on any atom is -0.339 e. The van der Waals surface area contributed by atoms with Crippen molar-refractivity contribution in [3.05, 3.63) is 69.6 Å². The number of anilines is 1. The van der Waals surface area contributed by atoms with Gasteiger partial charge in [0.2, 0.25) is 17.6 Å². The van der Waals surface area contributed by atoms with E-state index in [4.69, 9.17) is 16.1 Å². The first-order valence-electron chi connectivity index (χ1n) is 7.65. The van der Waals surface area contributed by atoms with Crippen molar-refractivity contribution in [2.24, 2.45) is 0 Å². The van der Waals surface area contributed by atoms with Gasteiger partial charge < -0.3 is 9.84 Å². The quantitative estimate of drug-likeness (QED) is 0.519. The number of rotatable bonds is 6. The van der Waals surface area contributed by atoms with Crippen LogP contribution in [-0.2, 0) is 11.2 Å².